The van der Waals surface area contributed by atoms with E-state index < -0.39 is 0 Å². The van der Waals surface area contributed by atoms with E-state index in [0.717, 1.165) is 39.7 Å². The third kappa shape index (κ3) is 7.64. The molecule has 0 aliphatic carbocycles. The van der Waals surface area contributed by atoms with Gasteiger partial charge in [-0.3, -0.25) is 0 Å². The molecule has 0 N–H and O–H groups in total. The van der Waals surface area contributed by atoms with Crippen molar-refractivity contribution in [2.45, 2.75) is 0 Å². The number of para-hydroxylation sites is 2. The monoisotopic (exact) mass is 866 g/mol. The van der Waals surface area contributed by atoms with Gasteiger partial charge >= 0.3 is 0 Å². The van der Waals surface area contributed by atoms with Crippen molar-refractivity contribution in [2.24, 2.45) is 0 Å². The number of fused-ring (bicyclic) bond motifs is 3. The molecule has 320 valence electrons. The highest BCUT2D eigenvalue weighted by Crippen LogP contribution is 2.49. The lowest BCUT2D eigenvalue weighted by Gasteiger charge is -2.28. The van der Waals surface area contributed by atoms with Gasteiger partial charge in [0.05, 0.1) is 0 Å². The highest BCUT2D eigenvalue weighted by atomic mass is 15.1. The Morgan fingerprint density at radius 1 is 0.176 bits per heavy atom. The van der Waals surface area contributed by atoms with E-state index in [1.807, 2.05) is 0 Å². The molecule has 0 aliphatic rings. The van der Waals surface area contributed by atoms with E-state index in [-0.39, 0.29) is 0 Å². The van der Waals surface area contributed by atoms with Crippen LogP contribution in [0.15, 0.2) is 279 Å². The van der Waals surface area contributed by atoms with Gasteiger partial charge in [-0.1, -0.05) is 206 Å². The molecule has 12 aromatic rings. The maximum atomic E-state index is 2.42. The van der Waals surface area contributed by atoms with Crippen LogP contribution in [0.3, 0.4) is 0 Å². The molecule has 0 radical (unpaired) electrons. The summed E-state index contributed by atoms with van der Waals surface area (Å²) in [6.07, 6.45) is 0. The van der Waals surface area contributed by atoms with Crippen LogP contribution >= 0.6 is 0 Å². The molecular weight excluding hydrogens is 821 g/mol. The molecule has 0 atom stereocenters. The minimum atomic E-state index is 1.08. The van der Waals surface area contributed by atoms with Crippen molar-refractivity contribution < 1.29 is 0 Å². The van der Waals surface area contributed by atoms with Gasteiger partial charge in [-0.2, -0.15) is 0 Å². The Labute approximate surface area is 397 Å². The van der Waals surface area contributed by atoms with Gasteiger partial charge in [0.2, 0.25) is 0 Å². The fraction of sp³-hybridized carbons (Fsp3) is 0. The van der Waals surface area contributed by atoms with E-state index in [0.29, 0.717) is 0 Å². The van der Waals surface area contributed by atoms with Crippen molar-refractivity contribution in [3.63, 3.8) is 0 Å². The van der Waals surface area contributed by atoms with Crippen LogP contribution in [0, 0.1) is 0 Å². The number of hydrogen-bond acceptors (Lipinski definition) is 2. The second-order valence-corrected chi connectivity index (χ2v) is 17.3. The van der Waals surface area contributed by atoms with E-state index in [2.05, 4.69) is 289 Å². The molecule has 0 saturated heterocycles. The van der Waals surface area contributed by atoms with Gasteiger partial charge in [0.25, 0.3) is 0 Å². The highest BCUT2D eigenvalue weighted by molar-refractivity contribution is 6.22. The minimum Gasteiger partial charge on any atom is -0.310 e. The smallest absolute Gasteiger partial charge is 0.0468 e. The van der Waals surface area contributed by atoms with Crippen LogP contribution in [0.2, 0.25) is 0 Å². The topological polar surface area (TPSA) is 6.48 Å². The first kappa shape index (κ1) is 40.5. The first-order valence-electron chi connectivity index (χ1n) is 23.3. The van der Waals surface area contributed by atoms with Crippen molar-refractivity contribution in [1.82, 2.24) is 0 Å². The molecule has 0 spiro atoms. The molecule has 68 heavy (non-hydrogen) atoms. The number of nitrogens with zero attached hydrogens (tertiary/aromatic N) is 2. The Balaban J connectivity index is 1.12. The summed E-state index contributed by atoms with van der Waals surface area (Å²) in [4.78, 5) is 4.77. The van der Waals surface area contributed by atoms with Crippen LogP contribution in [0.1, 0.15) is 0 Å². The summed E-state index contributed by atoms with van der Waals surface area (Å²) >= 11 is 0. The zero-order valence-electron chi connectivity index (χ0n) is 37.5. The van der Waals surface area contributed by atoms with Crippen LogP contribution in [0.5, 0.6) is 0 Å². The molecule has 0 unspecified atom stereocenters. The third-order valence-corrected chi connectivity index (χ3v) is 13.2. The normalized spacial score (nSPS) is 11.2. The van der Waals surface area contributed by atoms with Crippen LogP contribution in [0.4, 0.5) is 34.1 Å². The second-order valence-electron chi connectivity index (χ2n) is 17.3. The summed E-state index contributed by atoms with van der Waals surface area (Å²) in [6.45, 7) is 0. The van der Waals surface area contributed by atoms with Crippen molar-refractivity contribution >= 4 is 66.4 Å². The minimum absolute atomic E-state index is 1.08. The lowest BCUT2D eigenvalue weighted by Crippen LogP contribution is -2.10. The van der Waals surface area contributed by atoms with Crippen LogP contribution in [0.25, 0.3) is 76.8 Å². The first-order valence-corrected chi connectivity index (χ1v) is 23.3. The zero-order valence-corrected chi connectivity index (χ0v) is 37.5. The number of anilines is 6. The van der Waals surface area contributed by atoms with Gasteiger partial charge < -0.3 is 9.80 Å². The van der Waals surface area contributed by atoms with Crippen LogP contribution in [-0.4, -0.2) is 0 Å². The predicted octanol–water partition coefficient (Wildman–Crippen LogP) is 18.8. The summed E-state index contributed by atoms with van der Waals surface area (Å²) in [6, 6.07) is 101. The molecule has 0 aromatic heterocycles. The van der Waals surface area contributed by atoms with E-state index in [9.17, 15) is 0 Å². The van der Waals surface area contributed by atoms with Crippen LogP contribution in [-0.2, 0) is 0 Å². The molecule has 2 nitrogen and oxygen atoms in total. The summed E-state index contributed by atoms with van der Waals surface area (Å²) in [7, 11) is 0. The lowest BCUT2D eigenvalue weighted by atomic mass is 9.85. The Bertz CT molecular complexity index is 3690. The average molecular weight is 867 g/mol. The van der Waals surface area contributed by atoms with E-state index in [1.54, 1.807) is 0 Å². The largest absolute Gasteiger partial charge is 0.310 e. The second kappa shape index (κ2) is 17.8. The molecule has 2 heteroatoms. The Hall–Kier alpha value is -8.98. The van der Waals surface area contributed by atoms with Gasteiger partial charge in [0.15, 0.2) is 0 Å². The van der Waals surface area contributed by atoms with Crippen molar-refractivity contribution in [2.75, 3.05) is 9.80 Å². The summed E-state index contributed by atoms with van der Waals surface area (Å²) in [5, 5.41) is 7.18. The fourth-order valence-electron chi connectivity index (χ4n) is 9.97. The fourth-order valence-corrected chi connectivity index (χ4v) is 9.97. The van der Waals surface area contributed by atoms with Crippen molar-refractivity contribution in [3.8, 4) is 44.5 Å². The van der Waals surface area contributed by atoms with Crippen molar-refractivity contribution in [3.05, 3.63) is 279 Å². The highest BCUT2D eigenvalue weighted by Gasteiger charge is 2.22. The van der Waals surface area contributed by atoms with Crippen molar-refractivity contribution in [1.29, 1.82) is 0 Å². The van der Waals surface area contributed by atoms with E-state index >= 15 is 0 Å². The molecule has 0 bridgehead atoms. The quantitative estimate of drug-likeness (QED) is 0.126. The van der Waals surface area contributed by atoms with Crippen LogP contribution < -0.4 is 9.80 Å². The lowest BCUT2D eigenvalue weighted by molar-refractivity contribution is 1.29. The Morgan fingerprint density at radius 2 is 0.485 bits per heavy atom. The van der Waals surface area contributed by atoms with Gasteiger partial charge in [0.1, 0.15) is 0 Å². The molecule has 12 aromatic carbocycles. The molecule has 0 amide bonds. The maximum absolute atomic E-state index is 2.42. The van der Waals surface area contributed by atoms with Gasteiger partial charge in [0, 0.05) is 34.1 Å². The van der Waals surface area contributed by atoms with Gasteiger partial charge in [-0.05, 0) is 150 Å². The molecule has 0 aliphatic heterocycles. The average Bonchev–Trinajstić information content (AvgIpc) is 3.42. The zero-order chi connectivity index (χ0) is 45.2. The molecule has 12 rings (SSSR count). The molecule has 0 fully saturated rings. The van der Waals surface area contributed by atoms with E-state index in [1.165, 1.54) is 71.3 Å². The summed E-state index contributed by atoms with van der Waals surface area (Å²) in [5.74, 6) is 0. The molecule has 0 saturated carbocycles. The Morgan fingerprint density at radius 3 is 0.985 bits per heavy atom. The predicted molar refractivity (Wildman–Crippen MR) is 290 cm³/mol. The summed E-state index contributed by atoms with van der Waals surface area (Å²) in [5.41, 5.74) is 16.1. The standard InChI is InChI=1S/C66H46N2/c1-6-18-47(19-7-1)50-30-32-53(33-31-50)66-62-42-40-59(67(55-26-12-4-13-27-55)57-37-34-51(35-38-57)48-20-8-2-9-21-48)45-63(62)65(52-23-10-3-11-24-52)61-43-41-60(46-64(61)66)68(56-28-14-5-15-29-56)58-39-36-49-22-16-17-25-54(49)44-58/h1-46H. The Kier molecular flexibility index (Phi) is 10.6. The van der Waals surface area contributed by atoms with Gasteiger partial charge in [-0.15, -0.1) is 0 Å². The third-order valence-electron chi connectivity index (χ3n) is 13.2. The maximum Gasteiger partial charge on any atom is 0.0468 e. The SMILES string of the molecule is c1ccc(-c2ccc(-c3c4ccc(N(c5ccccc5)c5ccc(-c6ccccc6)cc5)cc4c(-c4ccccc4)c4ccc(N(c5ccccc5)c5ccc6ccccc6c5)cc34)cc2)cc1. The number of benzene rings is 12. The molecule has 0 heterocycles. The number of rotatable bonds is 10. The first-order chi connectivity index (χ1) is 33.7. The molecular formula is C66H46N2. The van der Waals surface area contributed by atoms with Gasteiger partial charge in [-0.25, -0.2) is 0 Å². The van der Waals surface area contributed by atoms with E-state index in [4.69, 9.17) is 0 Å². The number of hydrogen-bond donors (Lipinski definition) is 0. The summed E-state index contributed by atoms with van der Waals surface area (Å²) < 4.78 is 0.